The molecule has 0 aliphatic rings. The third-order valence-corrected chi connectivity index (χ3v) is 6.54. The minimum atomic E-state index is -0.527. The average Bonchev–Trinajstić information content (AvgIpc) is 3.50. The van der Waals surface area contributed by atoms with Crippen molar-refractivity contribution in [2.45, 2.75) is 27.2 Å². The van der Waals surface area contributed by atoms with E-state index in [1.165, 1.54) is 12.1 Å². The minimum Gasteiger partial charge on any atom is -0.508 e. The number of rotatable bonds is 5. The van der Waals surface area contributed by atoms with Crippen LogP contribution in [-0.2, 0) is 4.79 Å². The van der Waals surface area contributed by atoms with E-state index in [-0.39, 0.29) is 17.1 Å². The third kappa shape index (κ3) is 5.01. The minimum absolute atomic E-state index is 0.0586. The summed E-state index contributed by atoms with van der Waals surface area (Å²) < 4.78 is 14.0. The van der Waals surface area contributed by atoms with Gasteiger partial charge in [0.2, 0.25) is 5.91 Å². The predicted octanol–water partition coefficient (Wildman–Crippen LogP) is 7.05. The Morgan fingerprint density at radius 2 is 1.82 bits per heavy atom. The Kier molecular flexibility index (Phi) is 6.06. The number of amides is 1. The number of hydrogen-bond donors (Lipinski definition) is 4. The Labute approximate surface area is 229 Å². The number of hydrogen-bond acceptors (Lipinski definition) is 5. The van der Waals surface area contributed by atoms with Crippen LogP contribution in [0.3, 0.4) is 0 Å². The number of nitrogens with one attached hydrogen (secondary N) is 3. The smallest absolute Gasteiger partial charge is 0.224 e. The standard InChI is InChI=1S/C31H27FN6O2/c1-31(2,3)14-27(40)34-21-10-19(15-33-16-21)17-7-8-25-24(12-17)29(38-37-25)30-35-26-6-4-5-23(28(26)36-30)18-9-20(32)13-22(39)11-18/h4-13,15-16,39H,14H2,1-3H3,(H,34,40)(H,35,36)(H,37,38). The van der Waals surface area contributed by atoms with Crippen LogP contribution >= 0.6 is 0 Å². The molecule has 200 valence electrons. The van der Waals surface area contributed by atoms with Crippen LogP contribution in [0.15, 0.2) is 73.1 Å². The molecule has 3 heterocycles. The van der Waals surface area contributed by atoms with Crippen molar-refractivity contribution < 1.29 is 14.3 Å². The van der Waals surface area contributed by atoms with Crippen LogP contribution in [0.1, 0.15) is 27.2 Å². The van der Waals surface area contributed by atoms with Gasteiger partial charge in [0.1, 0.15) is 17.3 Å². The van der Waals surface area contributed by atoms with Gasteiger partial charge in [-0.3, -0.25) is 14.9 Å². The Bertz CT molecular complexity index is 1880. The summed E-state index contributed by atoms with van der Waals surface area (Å²) in [6.45, 7) is 6.07. The van der Waals surface area contributed by atoms with Crippen LogP contribution in [0.2, 0.25) is 0 Å². The van der Waals surface area contributed by atoms with Crippen molar-refractivity contribution in [2.75, 3.05) is 5.32 Å². The van der Waals surface area contributed by atoms with Crippen LogP contribution in [0.4, 0.5) is 10.1 Å². The second-order valence-corrected chi connectivity index (χ2v) is 11.1. The summed E-state index contributed by atoms with van der Waals surface area (Å²) in [6, 6.07) is 17.3. The molecule has 0 spiro atoms. The molecule has 40 heavy (non-hydrogen) atoms. The zero-order valence-corrected chi connectivity index (χ0v) is 22.2. The first-order valence-electron chi connectivity index (χ1n) is 12.9. The zero-order valence-electron chi connectivity index (χ0n) is 22.2. The number of imidazole rings is 1. The summed E-state index contributed by atoms with van der Waals surface area (Å²) in [5.41, 5.74) is 6.33. The molecule has 0 saturated carbocycles. The van der Waals surface area contributed by atoms with Gasteiger partial charge in [-0.05, 0) is 52.9 Å². The predicted molar refractivity (Wildman–Crippen MR) is 154 cm³/mol. The molecule has 4 N–H and O–H groups in total. The van der Waals surface area contributed by atoms with E-state index in [4.69, 9.17) is 4.98 Å². The molecular weight excluding hydrogens is 507 g/mol. The van der Waals surface area contributed by atoms with Crippen LogP contribution in [0, 0.1) is 11.2 Å². The number of anilines is 1. The van der Waals surface area contributed by atoms with Crippen molar-refractivity contribution in [2.24, 2.45) is 5.41 Å². The van der Waals surface area contributed by atoms with Gasteiger partial charge in [0.25, 0.3) is 0 Å². The molecule has 8 nitrogen and oxygen atoms in total. The molecule has 0 fully saturated rings. The summed E-state index contributed by atoms with van der Waals surface area (Å²) in [6.07, 6.45) is 3.79. The Hall–Kier alpha value is -5.05. The molecule has 3 aromatic heterocycles. The van der Waals surface area contributed by atoms with Crippen molar-refractivity contribution in [1.82, 2.24) is 25.1 Å². The molecule has 3 aromatic carbocycles. The highest BCUT2D eigenvalue weighted by molar-refractivity contribution is 5.98. The van der Waals surface area contributed by atoms with E-state index in [1.807, 2.05) is 63.2 Å². The number of fused-ring (bicyclic) bond motifs is 2. The van der Waals surface area contributed by atoms with Gasteiger partial charge < -0.3 is 15.4 Å². The Morgan fingerprint density at radius 3 is 2.62 bits per heavy atom. The van der Waals surface area contributed by atoms with E-state index < -0.39 is 5.82 Å². The zero-order chi connectivity index (χ0) is 28.0. The normalized spacial score (nSPS) is 11.8. The fourth-order valence-electron chi connectivity index (χ4n) is 4.83. The van der Waals surface area contributed by atoms with Crippen molar-refractivity contribution in [1.29, 1.82) is 0 Å². The number of para-hydroxylation sites is 1. The lowest BCUT2D eigenvalue weighted by Crippen LogP contribution is -2.19. The maximum absolute atomic E-state index is 14.0. The second-order valence-electron chi connectivity index (χ2n) is 11.1. The number of aromatic amines is 2. The molecule has 0 atom stereocenters. The first kappa shape index (κ1) is 25.2. The number of aromatic hydroxyl groups is 1. The van der Waals surface area contributed by atoms with E-state index in [0.717, 1.165) is 33.6 Å². The van der Waals surface area contributed by atoms with Gasteiger partial charge in [-0.15, -0.1) is 0 Å². The molecule has 6 rings (SSSR count). The number of aromatic nitrogens is 5. The summed E-state index contributed by atoms with van der Waals surface area (Å²) in [5, 5.41) is 21.3. The summed E-state index contributed by atoms with van der Waals surface area (Å²) in [4.78, 5) is 24.9. The molecule has 0 aliphatic carbocycles. The van der Waals surface area contributed by atoms with Crippen LogP contribution < -0.4 is 5.32 Å². The summed E-state index contributed by atoms with van der Waals surface area (Å²) >= 11 is 0. The van der Waals surface area contributed by atoms with Crippen molar-refractivity contribution >= 4 is 33.5 Å². The number of carbonyl (C=O) groups excluding carboxylic acids is 1. The first-order chi connectivity index (χ1) is 19.1. The molecule has 0 bridgehead atoms. The fraction of sp³-hybridized carbons (Fsp3) is 0.161. The SMILES string of the molecule is CC(C)(C)CC(=O)Nc1cncc(-c2ccc3[nH]nc(-c4nc5c(-c6cc(O)cc(F)c6)cccc5[nH]4)c3c2)c1. The molecular formula is C31H27FN6O2. The largest absolute Gasteiger partial charge is 0.508 e. The van der Waals surface area contributed by atoms with Gasteiger partial charge in [0, 0.05) is 35.2 Å². The van der Waals surface area contributed by atoms with E-state index in [9.17, 15) is 14.3 Å². The highest BCUT2D eigenvalue weighted by atomic mass is 19.1. The van der Waals surface area contributed by atoms with Gasteiger partial charge in [-0.25, -0.2) is 9.37 Å². The Morgan fingerprint density at radius 1 is 0.975 bits per heavy atom. The van der Waals surface area contributed by atoms with Crippen LogP contribution in [0.5, 0.6) is 5.75 Å². The maximum atomic E-state index is 14.0. The van der Waals surface area contributed by atoms with E-state index >= 15 is 0 Å². The molecule has 1 amide bonds. The number of phenols is 1. The van der Waals surface area contributed by atoms with E-state index in [2.05, 4.69) is 25.5 Å². The quantitative estimate of drug-likeness (QED) is 0.189. The average molecular weight is 535 g/mol. The monoisotopic (exact) mass is 534 g/mol. The molecule has 0 radical (unpaired) electrons. The van der Waals surface area contributed by atoms with Gasteiger partial charge in [0.15, 0.2) is 5.82 Å². The van der Waals surface area contributed by atoms with Crippen LogP contribution in [-0.4, -0.2) is 36.2 Å². The first-order valence-corrected chi connectivity index (χ1v) is 12.9. The third-order valence-electron chi connectivity index (χ3n) is 6.54. The summed E-state index contributed by atoms with van der Waals surface area (Å²) in [7, 11) is 0. The lowest BCUT2D eigenvalue weighted by molar-refractivity contribution is -0.117. The topological polar surface area (TPSA) is 120 Å². The molecule has 0 saturated heterocycles. The molecule has 0 aliphatic heterocycles. The van der Waals surface area contributed by atoms with Gasteiger partial charge in [0.05, 0.1) is 28.4 Å². The number of phenolic OH excluding ortho intramolecular Hbond substituents is 1. The summed E-state index contributed by atoms with van der Waals surface area (Å²) in [5.74, 6) is -0.189. The van der Waals surface area contributed by atoms with Gasteiger partial charge >= 0.3 is 0 Å². The van der Waals surface area contributed by atoms with Crippen molar-refractivity contribution in [3.05, 3.63) is 78.9 Å². The maximum Gasteiger partial charge on any atom is 0.224 e. The van der Waals surface area contributed by atoms with Gasteiger partial charge in [-0.2, -0.15) is 5.10 Å². The number of pyridine rings is 1. The van der Waals surface area contributed by atoms with Crippen molar-refractivity contribution in [3.63, 3.8) is 0 Å². The fourth-order valence-corrected chi connectivity index (χ4v) is 4.83. The highest BCUT2D eigenvalue weighted by Gasteiger charge is 2.18. The number of carbonyl (C=O) groups is 1. The number of H-pyrrole nitrogens is 2. The Balaban J connectivity index is 1.37. The van der Waals surface area contributed by atoms with Crippen LogP contribution in [0.25, 0.3) is 55.7 Å². The lowest BCUT2D eigenvalue weighted by Gasteiger charge is -2.17. The second kappa shape index (κ2) is 9.60. The van der Waals surface area contributed by atoms with E-state index in [1.54, 1.807) is 12.4 Å². The molecule has 9 heteroatoms. The lowest BCUT2D eigenvalue weighted by atomic mass is 9.92. The number of halogens is 1. The highest BCUT2D eigenvalue weighted by Crippen LogP contribution is 2.34. The molecule has 0 unspecified atom stereocenters. The van der Waals surface area contributed by atoms with Crippen molar-refractivity contribution in [3.8, 4) is 39.5 Å². The number of nitrogens with zero attached hydrogens (tertiary/aromatic N) is 3. The van der Waals surface area contributed by atoms with Gasteiger partial charge in [-0.1, -0.05) is 39.0 Å². The number of benzene rings is 3. The van der Waals surface area contributed by atoms with E-state index in [0.29, 0.717) is 40.3 Å². The molecule has 6 aromatic rings.